The molecule has 0 spiro atoms. The van der Waals surface area contributed by atoms with Gasteiger partial charge in [-0.1, -0.05) is 71.0 Å². The van der Waals surface area contributed by atoms with Crippen molar-refractivity contribution in [3.8, 4) is 29.0 Å². The van der Waals surface area contributed by atoms with Gasteiger partial charge in [0, 0.05) is 22.0 Å². The topological polar surface area (TPSA) is 162 Å². The molecule has 18 heteroatoms. The second-order valence-corrected chi connectivity index (χ2v) is 15.4. The van der Waals surface area contributed by atoms with Crippen molar-refractivity contribution >= 4 is 39.8 Å². The molecule has 8 rings (SSSR count). The molecule has 0 aliphatic carbocycles. The lowest BCUT2D eigenvalue weighted by molar-refractivity contribution is -0.311. The predicted octanol–water partition coefficient (Wildman–Crippen LogP) is 7.53. The Morgan fingerprint density at radius 1 is 1.04 bits per heavy atom. The highest BCUT2D eigenvalue weighted by molar-refractivity contribution is 7.99. The van der Waals surface area contributed by atoms with E-state index in [0.717, 1.165) is 29.5 Å². The number of methoxy groups -OCH3 is 1. The van der Waals surface area contributed by atoms with Gasteiger partial charge in [0.15, 0.2) is 34.5 Å². The van der Waals surface area contributed by atoms with Crippen molar-refractivity contribution in [2.45, 2.75) is 54.2 Å². The van der Waals surface area contributed by atoms with Crippen LogP contribution in [0.4, 0.5) is 13.9 Å². The van der Waals surface area contributed by atoms with Crippen molar-refractivity contribution in [3.05, 3.63) is 130 Å². The van der Waals surface area contributed by atoms with Crippen LogP contribution in [0.25, 0.3) is 11.4 Å². The van der Waals surface area contributed by atoms with Crippen LogP contribution in [0, 0.1) is 23.0 Å². The maximum atomic E-state index is 15.5. The fourth-order valence-corrected chi connectivity index (χ4v) is 8.49. The molecule has 3 aromatic carbocycles. The molecule has 6 aromatic rings. The van der Waals surface area contributed by atoms with Crippen LogP contribution in [-0.2, 0) is 32.2 Å². The molecule has 2 N–H and O–H groups in total. The minimum atomic E-state index is -0.955. The summed E-state index contributed by atoms with van der Waals surface area (Å²) in [5, 5.41) is 21.2. The highest BCUT2D eigenvalue weighted by Gasteiger charge is 2.52. The Hall–Kier alpha value is -5.19. The monoisotopic (exact) mass is 831 g/mol. The van der Waals surface area contributed by atoms with Crippen LogP contribution in [0.2, 0.25) is 5.02 Å². The molecule has 3 aromatic heterocycles. The summed E-state index contributed by atoms with van der Waals surface area (Å²) in [6.45, 7) is -0.213. The predicted molar refractivity (Wildman–Crippen MR) is 205 cm³/mol. The van der Waals surface area contributed by atoms with Crippen molar-refractivity contribution in [1.82, 2.24) is 25.0 Å². The van der Waals surface area contributed by atoms with E-state index in [-0.39, 0.29) is 31.1 Å². The van der Waals surface area contributed by atoms with Gasteiger partial charge in [0.2, 0.25) is 0 Å². The molecule has 6 atom stereocenters. The van der Waals surface area contributed by atoms with E-state index in [4.69, 9.17) is 45.8 Å². The number of aromatic nitrogens is 5. The number of rotatable bonds is 12. The lowest BCUT2D eigenvalue weighted by Crippen LogP contribution is -2.59. The number of pyridine rings is 1. The number of nitrogen functional groups attached to an aromatic ring is 1. The van der Waals surface area contributed by atoms with Crippen molar-refractivity contribution < 1.29 is 37.2 Å². The number of nitriles is 1. The van der Waals surface area contributed by atoms with Crippen LogP contribution < -0.4 is 15.2 Å². The highest BCUT2D eigenvalue weighted by atomic mass is 35.5. The number of hydrogen-bond donors (Lipinski definition) is 1. The number of ether oxygens (including phenoxy) is 6. The molecule has 0 radical (unpaired) electrons. The number of nitrogens with zero attached hydrogens (tertiary/aromatic N) is 6. The first-order valence-corrected chi connectivity index (χ1v) is 19.6. The Labute approximate surface area is 338 Å². The van der Waals surface area contributed by atoms with E-state index in [0.29, 0.717) is 37.8 Å². The van der Waals surface area contributed by atoms with E-state index in [1.807, 2.05) is 30.3 Å². The van der Waals surface area contributed by atoms with E-state index in [2.05, 4.69) is 26.3 Å². The second-order valence-electron chi connectivity index (χ2n) is 12.9. The van der Waals surface area contributed by atoms with Crippen molar-refractivity contribution in [1.29, 1.82) is 5.26 Å². The number of hydrogen-bond acceptors (Lipinski definition) is 14. The van der Waals surface area contributed by atoms with E-state index in [1.54, 1.807) is 53.7 Å². The third kappa shape index (κ3) is 8.58. The summed E-state index contributed by atoms with van der Waals surface area (Å²) in [6.07, 6.45) is -0.0444. The smallest absolute Gasteiger partial charge is 0.191 e. The average molecular weight is 832 g/mol. The maximum absolute atomic E-state index is 15.5. The third-order valence-corrected chi connectivity index (χ3v) is 11.2. The van der Waals surface area contributed by atoms with Crippen LogP contribution >= 0.6 is 34.7 Å². The van der Waals surface area contributed by atoms with Gasteiger partial charge in [-0.05, 0) is 41.5 Å². The minimum absolute atomic E-state index is 0.0691. The van der Waals surface area contributed by atoms with Crippen LogP contribution in [0.15, 0.2) is 95.5 Å². The summed E-state index contributed by atoms with van der Waals surface area (Å²) in [7, 11) is 1.55. The molecule has 2 aliphatic rings. The summed E-state index contributed by atoms with van der Waals surface area (Å²) < 4.78 is 69.5. The molecular weight excluding hydrogens is 800 g/mol. The van der Waals surface area contributed by atoms with Gasteiger partial charge < -0.3 is 34.2 Å². The number of thioether (sulfide) groups is 1. The Morgan fingerprint density at radius 3 is 2.54 bits per heavy atom. The standard InChI is InChI=1S/C39H32ClF2N7O6S2/c1-50-25-9-7-21(8-10-25)17-51-34-26(41)11-22(12-27(34)42)18-52-36-33(49-16-29(47-48-49)30-20-56-39(44)46-30)35-31(19-53-37(55-35)23-5-3-2-4-6-23)54-38(36)57-32-13-24(40)15-45-28(32)14-43/h2-13,15-16,20,31,33,35-38H,17-19H2,1H3,(H2,44,46). The lowest BCUT2D eigenvalue weighted by atomic mass is 9.95. The lowest BCUT2D eigenvalue weighted by Gasteiger charge is -2.49. The van der Waals surface area contributed by atoms with E-state index in [9.17, 15) is 5.26 Å². The van der Waals surface area contributed by atoms with E-state index in [1.165, 1.54) is 17.5 Å². The second kappa shape index (κ2) is 17.1. The maximum Gasteiger partial charge on any atom is 0.191 e. The van der Waals surface area contributed by atoms with Gasteiger partial charge >= 0.3 is 0 Å². The summed E-state index contributed by atoms with van der Waals surface area (Å²) >= 11 is 8.75. The third-order valence-electron chi connectivity index (χ3n) is 9.19. The summed E-state index contributed by atoms with van der Waals surface area (Å²) in [5.41, 5.74) is 7.79. The molecular formula is C39H32ClF2N7O6S2. The van der Waals surface area contributed by atoms with Gasteiger partial charge in [-0.15, -0.1) is 16.4 Å². The first kappa shape index (κ1) is 38.7. The largest absolute Gasteiger partial charge is 0.497 e. The highest BCUT2D eigenvalue weighted by Crippen LogP contribution is 2.45. The SMILES string of the molecule is COc1ccc(COc2c(F)cc(COC3C(Sc4cc(Cl)cnc4C#N)OC4COC(c5ccccc5)OC4C3n3cc(-c4csc(N)n4)nn3)cc2F)cc1. The summed E-state index contributed by atoms with van der Waals surface area (Å²) in [5.74, 6) is -1.70. The summed E-state index contributed by atoms with van der Waals surface area (Å²) in [4.78, 5) is 8.97. The van der Waals surface area contributed by atoms with Crippen LogP contribution in [0.5, 0.6) is 11.5 Å². The van der Waals surface area contributed by atoms with Gasteiger partial charge in [0.25, 0.3) is 0 Å². The Bertz CT molecular complexity index is 2360. The molecule has 2 fully saturated rings. The van der Waals surface area contributed by atoms with Gasteiger partial charge in [0.1, 0.15) is 59.6 Å². The molecule has 0 amide bonds. The average Bonchev–Trinajstić information content (AvgIpc) is 3.89. The van der Waals surface area contributed by atoms with E-state index < -0.39 is 53.5 Å². The molecule has 13 nitrogen and oxygen atoms in total. The molecule has 5 heterocycles. The Kier molecular flexibility index (Phi) is 11.6. The molecule has 6 unspecified atom stereocenters. The first-order chi connectivity index (χ1) is 27.8. The van der Waals surface area contributed by atoms with E-state index >= 15 is 8.78 Å². The van der Waals surface area contributed by atoms with Crippen molar-refractivity contribution in [2.24, 2.45) is 0 Å². The molecule has 292 valence electrons. The first-order valence-electron chi connectivity index (χ1n) is 17.4. The number of benzene rings is 3. The van der Waals surface area contributed by atoms with Gasteiger partial charge in [-0.3, -0.25) is 0 Å². The number of fused-ring (bicyclic) bond motifs is 1. The summed E-state index contributed by atoms with van der Waals surface area (Å²) in [6, 6.07) is 21.6. The Balaban J connectivity index is 1.13. The van der Waals surface area contributed by atoms with Gasteiger partial charge in [-0.25, -0.2) is 23.4 Å². The zero-order valence-electron chi connectivity index (χ0n) is 29.9. The fraction of sp³-hybridized carbons (Fsp3) is 0.256. The molecule has 0 bridgehead atoms. The number of anilines is 1. The fourth-order valence-electron chi connectivity index (χ4n) is 6.49. The zero-order chi connectivity index (χ0) is 39.5. The molecule has 57 heavy (non-hydrogen) atoms. The minimum Gasteiger partial charge on any atom is -0.497 e. The number of nitrogens with two attached hydrogens (primary N) is 1. The molecule has 2 aliphatic heterocycles. The normalized spacial score (nSPS) is 21.7. The van der Waals surface area contributed by atoms with Crippen molar-refractivity contribution in [2.75, 3.05) is 19.5 Å². The van der Waals surface area contributed by atoms with Crippen LogP contribution in [0.1, 0.15) is 34.7 Å². The number of halogens is 3. The van der Waals surface area contributed by atoms with Crippen LogP contribution in [0.3, 0.4) is 0 Å². The number of thiazole rings is 1. The quantitative estimate of drug-likeness (QED) is 0.129. The zero-order valence-corrected chi connectivity index (χ0v) is 32.3. The molecule has 0 saturated carbocycles. The molecule has 2 saturated heterocycles. The van der Waals surface area contributed by atoms with Gasteiger partial charge in [0.05, 0.1) is 31.5 Å². The van der Waals surface area contributed by atoms with Crippen LogP contribution in [-0.4, -0.2) is 62.4 Å². The Morgan fingerprint density at radius 2 is 1.82 bits per heavy atom. The van der Waals surface area contributed by atoms with Crippen molar-refractivity contribution in [3.63, 3.8) is 0 Å². The van der Waals surface area contributed by atoms with Gasteiger partial charge in [-0.2, -0.15) is 5.26 Å².